The second-order valence-corrected chi connectivity index (χ2v) is 4.18. The van der Waals surface area contributed by atoms with Crippen LogP contribution in [0, 0.1) is 5.41 Å². The van der Waals surface area contributed by atoms with Crippen LogP contribution in [0.5, 0.6) is 5.75 Å². The zero-order chi connectivity index (χ0) is 13.7. The number of fused-ring (bicyclic) bond motifs is 1. The first-order valence-corrected chi connectivity index (χ1v) is 6.32. The molecule has 0 aromatic heterocycles. The van der Waals surface area contributed by atoms with Gasteiger partial charge < -0.3 is 14.9 Å². The summed E-state index contributed by atoms with van der Waals surface area (Å²) in [5.41, 5.74) is 1.57. The van der Waals surface area contributed by atoms with Crippen molar-refractivity contribution in [2.24, 2.45) is 0 Å². The van der Waals surface area contributed by atoms with Gasteiger partial charge in [0.25, 0.3) is 0 Å². The van der Waals surface area contributed by atoms with Crippen molar-refractivity contribution < 1.29 is 14.5 Å². The van der Waals surface area contributed by atoms with Crippen LogP contribution in [0.3, 0.4) is 0 Å². The van der Waals surface area contributed by atoms with Gasteiger partial charge in [-0.3, -0.25) is 5.41 Å². The SMILES string of the molecule is C=COOC1NC(=N)c2cccc(OCCCC)c21. The summed E-state index contributed by atoms with van der Waals surface area (Å²) >= 11 is 0. The molecule has 1 aromatic carbocycles. The first-order valence-electron chi connectivity index (χ1n) is 6.32. The van der Waals surface area contributed by atoms with Crippen molar-refractivity contribution in [1.82, 2.24) is 5.32 Å². The van der Waals surface area contributed by atoms with E-state index in [0.29, 0.717) is 12.4 Å². The van der Waals surface area contributed by atoms with Gasteiger partial charge in [-0.05, 0) is 12.5 Å². The average Bonchev–Trinajstić information content (AvgIpc) is 2.75. The third-order valence-electron chi connectivity index (χ3n) is 2.85. The van der Waals surface area contributed by atoms with Crippen molar-refractivity contribution in [2.75, 3.05) is 6.61 Å². The normalized spacial score (nSPS) is 16.7. The van der Waals surface area contributed by atoms with Gasteiger partial charge in [0.1, 0.15) is 17.8 Å². The molecule has 1 heterocycles. The summed E-state index contributed by atoms with van der Waals surface area (Å²) in [5, 5.41) is 10.8. The molecule has 1 aliphatic rings. The van der Waals surface area contributed by atoms with Gasteiger partial charge in [0.15, 0.2) is 0 Å². The number of unbranched alkanes of at least 4 members (excludes halogenated alkanes) is 1. The summed E-state index contributed by atoms with van der Waals surface area (Å²) in [5.74, 6) is 1.02. The molecule has 19 heavy (non-hydrogen) atoms. The molecule has 0 fully saturated rings. The fourth-order valence-electron chi connectivity index (χ4n) is 1.93. The number of nitrogens with one attached hydrogen (secondary N) is 2. The van der Waals surface area contributed by atoms with E-state index in [0.717, 1.165) is 29.7 Å². The minimum absolute atomic E-state index is 0.300. The molecule has 0 saturated carbocycles. The first-order chi connectivity index (χ1) is 9.27. The molecule has 5 heteroatoms. The largest absolute Gasteiger partial charge is 0.493 e. The molecule has 1 unspecified atom stereocenters. The third-order valence-corrected chi connectivity index (χ3v) is 2.85. The van der Waals surface area contributed by atoms with Crippen LogP contribution in [0.1, 0.15) is 37.1 Å². The van der Waals surface area contributed by atoms with Gasteiger partial charge in [0.2, 0.25) is 6.23 Å². The van der Waals surface area contributed by atoms with Gasteiger partial charge in [-0.15, -0.1) is 0 Å². The lowest BCUT2D eigenvalue weighted by atomic mass is 10.1. The number of amidine groups is 1. The molecule has 0 aliphatic carbocycles. The summed E-state index contributed by atoms with van der Waals surface area (Å²) in [6, 6.07) is 5.60. The van der Waals surface area contributed by atoms with Crippen LogP contribution in [0.25, 0.3) is 0 Å². The number of rotatable bonds is 7. The molecule has 5 nitrogen and oxygen atoms in total. The van der Waals surface area contributed by atoms with Crippen molar-refractivity contribution in [3.8, 4) is 5.75 Å². The molecule has 0 amide bonds. The maximum atomic E-state index is 7.88. The fraction of sp³-hybridized carbons (Fsp3) is 0.357. The van der Waals surface area contributed by atoms with Crippen molar-refractivity contribution >= 4 is 5.84 Å². The highest BCUT2D eigenvalue weighted by molar-refractivity contribution is 6.01. The first kappa shape index (κ1) is 13.4. The Hall–Kier alpha value is -2.01. The quantitative estimate of drug-likeness (QED) is 0.343. The predicted octanol–water partition coefficient (Wildman–Crippen LogP) is 2.88. The maximum absolute atomic E-state index is 7.88. The Labute approximate surface area is 112 Å². The minimum atomic E-state index is -0.543. The highest BCUT2D eigenvalue weighted by atomic mass is 17.2. The number of hydrogen-bond acceptors (Lipinski definition) is 4. The van der Waals surface area contributed by atoms with Gasteiger partial charge >= 0.3 is 0 Å². The molecule has 2 N–H and O–H groups in total. The second-order valence-electron chi connectivity index (χ2n) is 4.18. The van der Waals surface area contributed by atoms with E-state index in [4.69, 9.17) is 19.9 Å². The monoisotopic (exact) mass is 262 g/mol. The van der Waals surface area contributed by atoms with Crippen LogP contribution in [0.15, 0.2) is 31.0 Å². The molecule has 0 radical (unpaired) electrons. The van der Waals surface area contributed by atoms with E-state index in [2.05, 4.69) is 18.8 Å². The third kappa shape index (κ3) is 2.88. The Morgan fingerprint density at radius 1 is 1.47 bits per heavy atom. The Morgan fingerprint density at radius 3 is 3.05 bits per heavy atom. The van der Waals surface area contributed by atoms with Crippen LogP contribution in [0.4, 0.5) is 0 Å². The molecule has 1 aliphatic heterocycles. The average molecular weight is 262 g/mol. The van der Waals surface area contributed by atoms with Crippen LogP contribution < -0.4 is 10.1 Å². The zero-order valence-corrected chi connectivity index (χ0v) is 10.9. The highest BCUT2D eigenvalue weighted by Crippen LogP contribution is 2.34. The molecule has 0 saturated heterocycles. The fourth-order valence-corrected chi connectivity index (χ4v) is 1.93. The van der Waals surface area contributed by atoms with Gasteiger partial charge in [-0.1, -0.05) is 32.1 Å². The van der Waals surface area contributed by atoms with Gasteiger partial charge in [-0.2, -0.15) is 4.89 Å². The minimum Gasteiger partial charge on any atom is -0.493 e. The standard InChI is InChI=1S/C14H18N2O3/c1-3-5-9-17-11-8-6-7-10-12(11)14(16-13(10)15)19-18-4-2/h4,6-8,14H,2-3,5,9H2,1H3,(H2,15,16). The van der Waals surface area contributed by atoms with E-state index in [1.165, 1.54) is 6.26 Å². The molecular formula is C14H18N2O3. The summed E-state index contributed by atoms with van der Waals surface area (Å²) in [4.78, 5) is 9.90. The molecule has 102 valence electrons. The van der Waals surface area contributed by atoms with Crippen LogP contribution in [-0.4, -0.2) is 12.4 Å². The predicted molar refractivity (Wildman–Crippen MR) is 71.9 cm³/mol. The van der Waals surface area contributed by atoms with Crippen LogP contribution in [-0.2, 0) is 9.78 Å². The Bertz CT molecular complexity index is 474. The Balaban J connectivity index is 2.21. The summed E-state index contributed by atoms with van der Waals surface area (Å²) in [6.45, 7) is 6.18. The van der Waals surface area contributed by atoms with E-state index in [1.807, 2.05) is 18.2 Å². The van der Waals surface area contributed by atoms with E-state index >= 15 is 0 Å². The van der Waals surface area contributed by atoms with Gasteiger partial charge in [0, 0.05) is 5.56 Å². The van der Waals surface area contributed by atoms with Gasteiger partial charge in [-0.25, -0.2) is 0 Å². The zero-order valence-electron chi connectivity index (χ0n) is 10.9. The Kier molecular flexibility index (Phi) is 4.41. The van der Waals surface area contributed by atoms with E-state index < -0.39 is 6.23 Å². The van der Waals surface area contributed by atoms with Crippen LogP contribution in [0.2, 0.25) is 0 Å². The van der Waals surface area contributed by atoms with Gasteiger partial charge in [0.05, 0.1) is 12.2 Å². The smallest absolute Gasteiger partial charge is 0.205 e. The lowest BCUT2D eigenvalue weighted by molar-refractivity contribution is -0.288. The Morgan fingerprint density at radius 2 is 2.32 bits per heavy atom. The number of hydrogen-bond donors (Lipinski definition) is 2. The summed E-state index contributed by atoms with van der Waals surface area (Å²) in [7, 11) is 0. The van der Waals surface area contributed by atoms with Crippen LogP contribution >= 0.6 is 0 Å². The molecule has 1 atom stereocenters. The molecular weight excluding hydrogens is 244 g/mol. The highest BCUT2D eigenvalue weighted by Gasteiger charge is 2.31. The second kappa shape index (κ2) is 6.24. The summed E-state index contributed by atoms with van der Waals surface area (Å²) < 4.78 is 5.75. The van der Waals surface area contributed by atoms with E-state index in [9.17, 15) is 0 Å². The number of benzene rings is 1. The van der Waals surface area contributed by atoms with Crippen molar-refractivity contribution in [1.29, 1.82) is 5.41 Å². The maximum Gasteiger partial charge on any atom is 0.205 e. The topological polar surface area (TPSA) is 63.6 Å². The molecule has 2 rings (SSSR count). The number of ether oxygens (including phenoxy) is 1. The molecule has 0 spiro atoms. The van der Waals surface area contributed by atoms with Crippen molar-refractivity contribution in [3.63, 3.8) is 0 Å². The van der Waals surface area contributed by atoms with E-state index in [1.54, 1.807) is 0 Å². The lowest BCUT2D eigenvalue weighted by Gasteiger charge is -2.14. The molecule has 0 bridgehead atoms. The van der Waals surface area contributed by atoms with Crippen molar-refractivity contribution in [2.45, 2.75) is 26.0 Å². The lowest BCUT2D eigenvalue weighted by Crippen LogP contribution is -2.21. The van der Waals surface area contributed by atoms with Crippen molar-refractivity contribution in [3.05, 3.63) is 42.2 Å². The van der Waals surface area contributed by atoms with E-state index in [-0.39, 0.29) is 0 Å². The molecule has 1 aromatic rings. The summed E-state index contributed by atoms with van der Waals surface area (Å²) in [6.07, 6.45) is 2.72.